The maximum absolute atomic E-state index is 13.8. The Morgan fingerprint density at radius 1 is 1.38 bits per heavy atom. The minimum absolute atomic E-state index is 0.138. The molecule has 1 aromatic carbocycles. The van der Waals surface area contributed by atoms with Crippen LogP contribution >= 0.6 is 0 Å². The predicted octanol–water partition coefficient (Wildman–Crippen LogP) is 2.42. The maximum atomic E-state index is 13.8. The van der Waals surface area contributed by atoms with Crippen LogP contribution in [0.4, 0.5) is 4.39 Å². The summed E-state index contributed by atoms with van der Waals surface area (Å²) in [4.78, 5) is 0. The molecule has 0 amide bonds. The highest BCUT2D eigenvalue weighted by Crippen LogP contribution is 2.29. The van der Waals surface area contributed by atoms with Crippen LogP contribution in [0.15, 0.2) is 24.3 Å². The Morgan fingerprint density at radius 3 is 2.76 bits per heavy atom. The van der Waals surface area contributed by atoms with Gasteiger partial charge in [-0.25, -0.2) is 12.8 Å². The molecule has 1 N–H and O–H groups in total. The van der Waals surface area contributed by atoms with Crippen LogP contribution in [0.3, 0.4) is 0 Å². The molecule has 2 unspecified atom stereocenters. The van der Waals surface area contributed by atoms with E-state index >= 15 is 0 Å². The predicted molar refractivity (Wildman–Crippen MR) is 83.5 cm³/mol. The number of benzene rings is 1. The van der Waals surface area contributed by atoms with Gasteiger partial charge in [0.2, 0.25) is 0 Å². The first-order valence-corrected chi connectivity index (χ1v) is 9.48. The van der Waals surface area contributed by atoms with E-state index in [9.17, 15) is 12.8 Å². The molecule has 1 fully saturated rings. The van der Waals surface area contributed by atoms with Crippen LogP contribution in [0.25, 0.3) is 0 Å². The molecule has 118 valence electrons. The Kier molecular flexibility index (Phi) is 5.76. The summed E-state index contributed by atoms with van der Waals surface area (Å²) in [6.07, 6.45) is 2.34. The lowest BCUT2D eigenvalue weighted by Gasteiger charge is -2.23. The second-order valence-corrected chi connectivity index (χ2v) is 8.15. The summed E-state index contributed by atoms with van der Waals surface area (Å²) in [5.41, 5.74) is 0.685. The molecule has 5 heteroatoms. The maximum Gasteiger partial charge on any atom is 0.150 e. The SMILES string of the molecule is CCCNCC(Cc1ccccc1F)C1CCS(=O)(=O)C1. The van der Waals surface area contributed by atoms with E-state index in [1.807, 2.05) is 6.07 Å². The van der Waals surface area contributed by atoms with Crippen molar-refractivity contribution in [2.45, 2.75) is 26.2 Å². The molecule has 1 aromatic rings. The third kappa shape index (κ3) is 4.78. The first-order chi connectivity index (χ1) is 10.0. The highest BCUT2D eigenvalue weighted by molar-refractivity contribution is 7.91. The normalized spacial score (nSPS) is 22.3. The lowest BCUT2D eigenvalue weighted by molar-refractivity contribution is 0.340. The van der Waals surface area contributed by atoms with Crippen molar-refractivity contribution in [1.82, 2.24) is 5.32 Å². The van der Waals surface area contributed by atoms with Crippen molar-refractivity contribution < 1.29 is 12.8 Å². The standard InChI is InChI=1S/C16H24FNO2S/c1-2-8-18-11-15(14-7-9-21(19,20)12-14)10-13-5-3-4-6-16(13)17/h3-6,14-15,18H,2,7-12H2,1H3. The molecule has 2 rings (SSSR count). The topological polar surface area (TPSA) is 46.2 Å². The molecule has 0 bridgehead atoms. The molecule has 1 heterocycles. The molecule has 0 saturated carbocycles. The van der Waals surface area contributed by atoms with Crippen molar-refractivity contribution in [3.05, 3.63) is 35.6 Å². The fourth-order valence-corrected chi connectivity index (χ4v) is 4.93. The Morgan fingerprint density at radius 2 is 2.14 bits per heavy atom. The number of rotatable bonds is 7. The highest BCUT2D eigenvalue weighted by atomic mass is 32.2. The Balaban J connectivity index is 2.07. The van der Waals surface area contributed by atoms with Gasteiger partial charge in [0.25, 0.3) is 0 Å². The number of halogens is 1. The van der Waals surface area contributed by atoms with Crippen LogP contribution in [0.2, 0.25) is 0 Å². The summed E-state index contributed by atoms with van der Waals surface area (Å²) in [5.74, 6) is 0.641. The lowest BCUT2D eigenvalue weighted by Crippen LogP contribution is -2.31. The Labute approximate surface area is 126 Å². The molecule has 1 aliphatic rings. The quantitative estimate of drug-likeness (QED) is 0.786. The Bertz CT molecular complexity index is 559. The first-order valence-electron chi connectivity index (χ1n) is 7.66. The van der Waals surface area contributed by atoms with Crippen LogP contribution < -0.4 is 5.32 Å². The van der Waals surface area contributed by atoms with E-state index in [-0.39, 0.29) is 29.2 Å². The van der Waals surface area contributed by atoms with Crippen LogP contribution in [0.1, 0.15) is 25.3 Å². The van der Waals surface area contributed by atoms with E-state index in [0.29, 0.717) is 18.4 Å². The van der Waals surface area contributed by atoms with Gasteiger partial charge in [0.15, 0.2) is 9.84 Å². The monoisotopic (exact) mass is 313 g/mol. The second kappa shape index (κ2) is 7.36. The zero-order chi connectivity index (χ0) is 15.3. The fraction of sp³-hybridized carbons (Fsp3) is 0.625. The average Bonchev–Trinajstić information content (AvgIpc) is 2.80. The summed E-state index contributed by atoms with van der Waals surface area (Å²) in [6.45, 7) is 3.76. The van der Waals surface area contributed by atoms with Gasteiger partial charge in [0, 0.05) is 0 Å². The van der Waals surface area contributed by atoms with Crippen molar-refractivity contribution in [3.8, 4) is 0 Å². The zero-order valence-electron chi connectivity index (χ0n) is 12.5. The van der Waals surface area contributed by atoms with Crippen molar-refractivity contribution in [1.29, 1.82) is 0 Å². The minimum Gasteiger partial charge on any atom is -0.316 e. The van der Waals surface area contributed by atoms with Crippen LogP contribution in [-0.2, 0) is 16.3 Å². The van der Waals surface area contributed by atoms with Gasteiger partial charge in [-0.3, -0.25) is 0 Å². The van der Waals surface area contributed by atoms with Crippen LogP contribution in [-0.4, -0.2) is 33.0 Å². The molecule has 2 atom stereocenters. The van der Waals surface area contributed by atoms with Gasteiger partial charge in [-0.05, 0) is 55.8 Å². The third-order valence-electron chi connectivity index (χ3n) is 4.21. The van der Waals surface area contributed by atoms with Crippen molar-refractivity contribution >= 4 is 9.84 Å². The van der Waals surface area contributed by atoms with E-state index in [1.54, 1.807) is 12.1 Å². The van der Waals surface area contributed by atoms with Crippen LogP contribution in [0, 0.1) is 17.7 Å². The summed E-state index contributed by atoms with van der Waals surface area (Å²) in [7, 11) is -2.90. The summed E-state index contributed by atoms with van der Waals surface area (Å²) >= 11 is 0. The number of nitrogens with one attached hydrogen (secondary N) is 1. The second-order valence-electron chi connectivity index (χ2n) is 5.92. The molecule has 0 spiro atoms. The number of hydrogen-bond donors (Lipinski definition) is 1. The Hall–Kier alpha value is -0.940. The molecule has 3 nitrogen and oxygen atoms in total. The van der Waals surface area contributed by atoms with Gasteiger partial charge >= 0.3 is 0 Å². The molecule has 0 aromatic heterocycles. The minimum atomic E-state index is -2.90. The van der Waals surface area contributed by atoms with E-state index in [2.05, 4.69) is 12.2 Å². The highest BCUT2D eigenvalue weighted by Gasteiger charge is 2.33. The van der Waals surface area contributed by atoms with Gasteiger partial charge in [-0.2, -0.15) is 0 Å². The first kappa shape index (κ1) is 16.4. The average molecular weight is 313 g/mol. The van der Waals surface area contributed by atoms with Gasteiger partial charge in [-0.15, -0.1) is 0 Å². The molecule has 1 aliphatic heterocycles. The fourth-order valence-electron chi connectivity index (χ4n) is 3.01. The third-order valence-corrected chi connectivity index (χ3v) is 6.00. The smallest absolute Gasteiger partial charge is 0.150 e. The van der Waals surface area contributed by atoms with Gasteiger partial charge in [0.1, 0.15) is 5.82 Å². The summed E-state index contributed by atoms with van der Waals surface area (Å²) in [6, 6.07) is 6.78. The van der Waals surface area contributed by atoms with Crippen molar-refractivity contribution in [2.24, 2.45) is 11.8 Å². The molecule has 21 heavy (non-hydrogen) atoms. The molecular formula is C16H24FNO2S. The van der Waals surface area contributed by atoms with E-state index in [1.165, 1.54) is 6.07 Å². The van der Waals surface area contributed by atoms with Crippen molar-refractivity contribution in [3.63, 3.8) is 0 Å². The van der Waals surface area contributed by atoms with Gasteiger partial charge in [0.05, 0.1) is 11.5 Å². The summed E-state index contributed by atoms with van der Waals surface area (Å²) < 4.78 is 37.2. The zero-order valence-corrected chi connectivity index (χ0v) is 13.3. The van der Waals surface area contributed by atoms with E-state index < -0.39 is 9.84 Å². The molecule has 0 aliphatic carbocycles. The van der Waals surface area contributed by atoms with Crippen molar-refractivity contribution in [2.75, 3.05) is 24.6 Å². The van der Waals surface area contributed by atoms with Gasteiger partial charge in [-0.1, -0.05) is 25.1 Å². The molecular weight excluding hydrogens is 289 g/mol. The molecule has 1 saturated heterocycles. The summed E-state index contributed by atoms with van der Waals surface area (Å²) in [5, 5.41) is 3.36. The van der Waals surface area contributed by atoms with E-state index in [4.69, 9.17) is 0 Å². The lowest BCUT2D eigenvalue weighted by atomic mass is 9.86. The largest absolute Gasteiger partial charge is 0.316 e. The van der Waals surface area contributed by atoms with Crippen LogP contribution in [0.5, 0.6) is 0 Å². The number of hydrogen-bond acceptors (Lipinski definition) is 3. The van der Waals surface area contributed by atoms with Gasteiger partial charge < -0.3 is 5.32 Å². The number of sulfone groups is 1. The molecule has 0 radical (unpaired) electrons. The van der Waals surface area contributed by atoms with E-state index in [0.717, 1.165) is 19.5 Å².